The van der Waals surface area contributed by atoms with Gasteiger partial charge in [-0.2, -0.15) is 0 Å². The Labute approximate surface area is 86.2 Å². The van der Waals surface area contributed by atoms with Gasteiger partial charge < -0.3 is 5.32 Å². The quantitative estimate of drug-likeness (QED) is 0.715. The highest BCUT2D eigenvalue weighted by molar-refractivity contribution is 7.92. The molecule has 0 saturated carbocycles. The molecule has 0 aromatic carbocycles. The Morgan fingerprint density at radius 1 is 1.29 bits per heavy atom. The molecule has 2 rings (SSSR count). The van der Waals surface area contributed by atoms with Gasteiger partial charge in [0, 0.05) is 5.54 Å². The number of piperidine rings is 1. The molecular weight excluding hydrogens is 198 g/mol. The molecule has 0 aromatic heterocycles. The van der Waals surface area contributed by atoms with Crippen LogP contribution in [0.3, 0.4) is 0 Å². The van der Waals surface area contributed by atoms with Crippen molar-refractivity contribution in [3.63, 3.8) is 0 Å². The van der Waals surface area contributed by atoms with Crippen molar-refractivity contribution in [2.45, 2.75) is 49.8 Å². The second kappa shape index (κ2) is 3.49. The molecule has 2 saturated heterocycles. The molecule has 0 aromatic rings. The Bertz CT molecular complexity index is 304. The lowest BCUT2D eigenvalue weighted by Crippen LogP contribution is -2.55. The van der Waals surface area contributed by atoms with E-state index in [1.54, 1.807) is 0 Å². The van der Waals surface area contributed by atoms with Gasteiger partial charge in [-0.3, -0.25) is 0 Å². The first-order valence-electron chi connectivity index (χ1n) is 5.51. The molecule has 4 heteroatoms. The highest BCUT2D eigenvalue weighted by Crippen LogP contribution is 2.34. The lowest BCUT2D eigenvalue weighted by molar-refractivity contribution is 0.262. The summed E-state index contributed by atoms with van der Waals surface area (Å²) < 4.78 is 23.7. The zero-order valence-corrected chi connectivity index (χ0v) is 9.57. The van der Waals surface area contributed by atoms with Crippen LogP contribution in [0.2, 0.25) is 0 Å². The monoisotopic (exact) mass is 217 g/mol. The van der Waals surface area contributed by atoms with E-state index < -0.39 is 9.84 Å². The van der Waals surface area contributed by atoms with Crippen LogP contribution in [0, 0.1) is 0 Å². The zero-order chi connectivity index (χ0) is 10.2. The Morgan fingerprint density at radius 2 is 2.07 bits per heavy atom. The van der Waals surface area contributed by atoms with Crippen LogP contribution >= 0.6 is 0 Å². The predicted molar refractivity (Wildman–Crippen MR) is 57.1 cm³/mol. The molecule has 1 N–H and O–H groups in total. The van der Waals surface area contributed by atoms with Gasteiger partial charge >= 0.3 is 0 Å². The number of hydrogen-bond donors (Lipinski definition) is 1. The lowest BCUT2D eigenvalue weighted by atomic mass is 9.86. The molecule has 2 aliphatic rings. The van der Waals surface area contributed by atoms with Crippen molar-refractivity contribution in [3.05, 3.63) is 0 Å². The first-order valence-corrected chi connectivity index (χ1v) is 7.23. The molecule has 2 atom stereocenters. The van der Waals surface area contributed by atoms with Crippen LogP contribution in [-0.2, 0) is 9.84 Å². The summed E-state index contributed by atoms with van der Waals surface area (Å²) in [5.74, 6) is 0.398. The molecule has 2 unspecified atom stereocenters. The van der Waals surface area contributed by atoms with E-state index in [1.807, 2.05) is 0 Å². The minimum Gasteiger partial charge on any atom is -0.310 e. The summed E-state index contributed by atoms with van der Waals surface area (Å²) in [7, 11) is -2.81. The third-order valence-corrected chi connectivity index (χ3v) is 6.17. The molecular formula is C10H19NO2S. The molecule has 0 amide bonds. The summed E-state index contributed by atoms with van der Waals surface area (Å²) in [6.45, 7) is 3.06. The average molecular weight is 217 g/mol. The third-order valence-electron chi connectivity index (χ3n) is 3.69. The molecule has 0 spiro atoms. The second-order valence-corrected chi connectivity index (χ2v) is 7.10. The van der Waals surface area contributed by atoms with Gasteiger partial charge in [0.15, 0.2) is 9.84 Å². The van der Waals surface area contributed by atoms with E-state index in [0.717, 1.165) is 32.2 Å². The Hall–Kier alpha value is -0.0900. The number of sulfone groups is 1. The maximum Gasteiger partial charge on any atom is 0.154 e. The molecule has 2 aliphatic heterocycles. The van der Waals surface area contributed by atoms with Crippen molar-refractivity contribution in [2.75, 3.05) is 12.3 Å². The van der Waals surface area contributed by atoms with E-state index >= 15 is 0 Å². The molecule has 0 aliphatic carbocycles. The molecule has 82 valence electrons. The van der Waals surface area contributed by atoms with E-state index in [9.17, 15) is 8.42 Å². The summed E-state index contributed by atoms with van der Waals surface area (Å²) in [6, 6.07) is 0. The van der Waals surface area contributed by atoms with E-state index in [1.165, 1.54) is 6.42 Å². The van der Waals surface area contributed by atoms with Crippen molar-refractivity contribution in [2.24, 2.45) is 0 Å². The molecule has 0 radical (unpaired) electrons. The zero-order valence-electron chi connectivity index (χ0n) is 8.75. The van der Waals surface area contributed by atoms with Crippen molar-refractivity contribution in [1.82, 2.24) is 5.32 Å². The SMILES string of the molecule is CC1(C2CCCS2(=O)=O)CCCCN1. The lowest BCUT2D eigenvalue weighted by Gasteiger charge is -2.39. The second-order valence-electron chi connectivity index (χ2n) is 4.80. The summed E-state index contributed by atoms with van der Waals surface area (Å²) in [5, 5.41) is 3.28. The topological polar surface area (TPSA) is 46.2 Å². The van der Waals surface area contributed by atoms with Crippen LogP contribution in [0.4, 0.5) is 0 Å². The third kappa shape index (κ3) is 1.70. The van der Waals surface area contributed by atoms with Crippen molar-refractivity contribution < 1.29 is 8.42 Å². The fraction of sp³-hybridized carbons (Fsp3) is 1.00. The van der Waals surface area contributed by atoms with Crippen LogP contribution in [0.25, 0.3) is 0 Å². The van der Waals surface area contributed by atoms with Crippen molar-refractivity contribution >= 4 is 9.84 Å². The summed E-state index contributed by atoms with van der Waals surface area (Å²) >= 11 is 0. The molecule has 3 nitrogen and oxygen atoms in total. The van der Waals surface area contributed by atoms with Gasteiger partial charge in [0.2, 0.25) is 0 Å². The Balaban J connectivity index is 2.20. The normalized spacial score (nSPS) is 42.5. The van der Waals surface area contributed by atoms with Crippen LogP contribution in [0.15, 0.2) is 0 Å². The average Bonchev–Trinajstić information content (AvgIpc) is 2.47. The summed E-state index contributed by atoms with van der Waals surface area (Å²) in [5.41, 5.74) is -0.145. The van der Waals surface area contributed by atoms with E-state index in [4.69, 9.17) is 0 Å². The maximum atomic E-state index is 11.8. The van der Waals surface area contributed by atoms with Crippen LogP contribution in [0.5, 0.6) is 0 Å². The molecule has 14 heavy (non-hydrogen) atoms. The number of nitrogens with one attached hydrogen (secondary N) is 1. The highest BCUT2D eigenvalue weighted by atomic mass is 32.2. The van der Waals surface area contributed by atoms with Crippen LogP contribution in [-0.4, -0.2) is 31.5 Å². The molecule has 0 bridgehead atoms. The highest BCUT2D eigenvalue weighted by Gasteiger charge is 2.45. The van der Waals surface area contributed by atoms with Gasteiger partial charge in [0.05, 0.1) is 11.0 Å². The first kappa shape index (κ1) is 10.4. The molecule has 2 heterocycles. The van der Waals surface area contributed by atoms with Gasteiger partial charge in [-0.15, -0.1) is 0 Å². The standard InChI is InChI=1S/C10H19NO2S/c1-10(6-2-3-7-11-10)9-5-4-8-14(9,12)13/h9,11H,2-8H2,1H3. The number of hydrogen-bond acceptors (Lipinski definition) is 3. The van der Waals surface area contributed by atoms with Gasteiger partial charge in [-0.25, -0.2) is 8.42 Å². The van der Waals surface area contributed by atoms with Crippen molar-refractivity contribution in [3.8, 4) is 0 Å². The number of rotatable bonds is 1. The van der Waals surface area contributed by atoms with E-state index in [0.29, 0.717) is 5.75 Å². The predicted octanol–water partition coefficient (Wildman–Crippen LogP) is 1.10. The maximum absolute atomic E-state index is 11.8. The summed E-state index contributed by atoms with van der Waals surface area (Å²) in [4.78, 5) is 0. The first-order chi connectivity index (χ1) is 6.55. The van der Waals surface area contributed by atoms with Gasteiger partial charge in [0.1, 0.15) is 0 Å². The largest absolute Gasteiger partial charge is 0.310 e. The Kier molecular flexibility index (Phi) is 2.60. The van der Waals surface area contributed by atoms with Crippen LogP contribution in [0.1, 0.15) is 39.0 Å². The van der Waals surface area contributed by atoms with Gasteiger partial charge in [-0.1, -0.05) is 6.42 Å². The molecule has 2 fully saturated rings. The van der Waals surface area contributed by atoms with E-state index in [-0.39, 0.29) is 10.8 Å². The van der Waals surface area contributed by atoms with Gasteiger partial charge in [0.25, 0.3) is 0 Å². The van der Waals surface area contributed by atoms with E-state index in [2.05, 4.69) is 12.2 Å². The minimum absolute atomic E-state index is 0.129. The smallest absolute Gasteiger partial charge is 0.154 e. The fourth-order valence-corrected chi connectivity index (χ4v) is 5.23. The minimum atomic E-state index is -2.81. The van der Waals surface area contributed by atoms with Gasteiger partial charge in [-0.05, 0) is 39.2 Å². The van der Waals surface area contributed by atoms with Crippen LogP contribution < -0.4 is 5.32 Å². The van der Waals surface area contributed by atoms with Crippen molar-refractivity contribution in [1.29, 1.82) is 0 Å². The summed E-state index contributed by atoms with van der Waals surface area (Å²) in [6.07, 6.45) is 5.06. The Morgan fingerprint density at radius 3 is 2.57 bits per heavy atom. The fourth-order valence-electron chi connectivity index (χ4n) is 2.86.